The van der Waals surface area contributed by atoms with Gasteiger partial charge in [-0.05, 0) is 30.5 Å². The lowest BCUT2D eigenvalue weighted by Crippen LogP contribution is -2.30. The van der Waals surface area contributed by atoms with E-state index in [0.717, 1.165) is 30.8 Å². The van der Waals surface area contributed by atoms with Crippen molar-refractivity contribution in [1.82, 2.24) is 4.90 Å². The van der Waals surface area contributed by atoms with Crippen molar-refractivity contribution in [3.8, 4) is 0 Å². The molecule has 3 heteroatoms. The first-order valence-corrected chi connectivity index (χ1v) is 6.71. The molecule has 1 fully saturated rings. The number of likely N-dealkylation sites (tertiary alicyclic amines) is 1. The highest BCUT2D eigenvalue weighted by molar-refractivity contribution is 5.24. The summed E-state index contributed by atoms with van der Waals surface area (Å²) >= 11 is 0. The second kappa shape index (κ2) is 4.83. The molecule has 1 aromatic heterocycles. The third-order valence-electron chi connectivity index (χ3n) is 3.97. The Balaban J connectivity index is 1.72. The molecule has 1 unspecified atom stereocenters. The number of rotatable bonds is 3. The van der Waals surface area contributed by atoms with Gasteiger partial charge in [0.25, 0.3) is 0 Å². The molecule has 2 heterocycles. The number of hydrogen-bond donors (Lipinski definition) is 1. The maximum Gasteiger partial charge on any atom is 0.120 e. The Kier molecular flexibility index (Phi) is 3.17. The number of nitrogens with zero attached hydrogens (tertiary/aromatic N) is 1. The largest absolute Gasteiger partial charge is 0.468 e. The van der Waals surface area contributed by atoms with Gasteiger partial charge in [0.1, 0.15) is 11.4 Å². The average molecular weight is 257 g/mol. The van der Waals surface area contributed by atoms with E-state index in [4.69, 9.17) is 4.42 Å². The minimum atomic E-state index is -0.720. The van der Waals surface area contributed by atoms with Crippen LogP contribution in [0.15, 0.2) is 47.1 Å². The number of benzene rings is 1. The summed E-state index contributed by atoms with van der Waals surface area (Å²) in [4.78, 5) is 2.25. The van der Waals surface area contributed by atoms with E-state index in [0.29, 0.717) is 6.54 Å². The topological polar surface area (TPSA) is 36.6 Å². The van der Waals surface area contributed by atoms with Crippen molar-refractivity contribution in [1.29, 1.82) is 0 Å². The van der Waals surface area contributed by atoms with Crippen LogP contribution in [0, 0.1) is 6.92 Å². The Labute approximate surface area is 113 Å². The van der Waals surface area contributed by atoms with Gasteiger partial charge in [-0.15, -0.1) is 0 Å². The Bertz CT molecular complexity index is 549. The molecule has 0 saturated carbocycles. The molecule has 19 heavy (non-hydrogen) atoms. The molecule has 0 amide bonds. The predicted molar refractivity (Wildman–Crippen MR) is 73.7 cm³/mol. The van der Waals surface area contributed by atoms with E-state index in [2.05, 4.69) is 11.8 Å². The first-order valence-electron chi connectivity index (χ1n) is 6.71. The number of furan rings is 1. The lowest BCUT2D eigenvalue weighted by atomic mass is 9.93. The number of β-amino-alcohol motifs (C(OH)–C–C–N with tert-alkyl or cyclic N) is 1. The van der Waals surface area contributed by atoms with Crippen LogP contribution in [0.25, 0.3) is 0 Å². The van der Waals surface area contributed by atoms with Gasteiger partial charge in [-0.1, -0.05) is 30.3 Å². The van der Waals surface area contributed by atoms with E-state index in [1.807, 2.05) is 36.4 Å². The standard InChI is InChI=1S/C16H19NO2/c1-13-7-10-19-15(13)11-17-9-8-16(18,12-17)14-5-3-2-4-6-14/h2-7,10,18H,8-9,11-12H2,1H3. The lowest BCUT2D eigenvalue weighted by molar-refractivity contribution is 0.0445. The minimum absolute atomic E-state index is 0.664. The van der Waals surface area contributed by atoms with Crippen LogP contribution in [-0.4, -0.2) is 23.1 Å². The second-order valence-corrected chi connectivity index (χ2v) is 5.39. The minimum Gasteiger partial charge on any atom is -0.468 e. The highest BCUT2D eigenvalue weighted by Gasteiger charge is 2.37. The van der Waals surface area contributed by atoms with E-state index >= 15 is 0 Å². The quantitative estimate of drug-likeness (QED) is 0.918. The van der Waals surface area contributed by atoms with Crippen LogP contribution in [0.4, 0.5) is 0 Å². The van der Waals surface area contributed by atoms with E-state index in [1.165, 1.54) is 5.56 Å². The summed E-state index contributed by atoms with van der Waals surface area (Å²) in [7, 11) is 0. The maximum absolute atomic E-state index is 10.8. The molecule has 2 aromatic rings. The molecule has 1 atom stereocenters. The Morgan fingerprint density at radius 2 is 2.05 bits per heavy atom. The molecule has 3 nitrogen and oxygen atoms in total. The summed E-state index contributed by atoms with van der Waals surface area (Å²) in [6, 6.07) is 11.9. The van der Waals surface area contributed by atoms with E-state index in [1.54, 1.807) is 6.26 Å². The summed E-state index contributed by atoms with van der Waals surface area (Å²) in [5, 5.41) is 10.8. The third kappa shape index (κ3) is 2.44. The Morgan fingerprint density at radius 1 is 1.26 bits per heavy atom. The molecule has 0 bridgehead atoms. The zero-order valence-electron chi connectivity index (χ0n) is 11.2. The number of aliphatic hydroxyl groups is 1. The average Bonchev–Trinajstić information content (AvgIpc) is 3.00. The van der Waals surface area contributed by atoms with Gasteiger partial charge in [0.15, 0.2) is 0 Å². The van der Waals surface area contributed by atoms with Crippen LogP contribution >= 0.6 is 0 Å². The maximum atomic E-state index is 10.8. The van der Waals surface area contributed by atoms with Gasteiger partial charge in [-0.2, -0.15) is 0 Å². The predicted octanol–water partition coefficient (Wildman–Crippen LogP) is 2.68. The highest BCUT2D eigenvalue weighted by Crippen LogP contribution is 2.32. The van der Waals surface area contributed by atoms with Crippen molar-refractivity contribution in [2.75, 3.05) is 13.1 Å². The van der Waals surface area contributed by atoms with Gasteiger partial charge in [0, 0.05) is 13.1 Å². The summed E-state index contributed by atoms with van der Waals surface area (Å²) in [6.45, 7) is 4.38. The fraction of sp³-hybridized carbons (Fsp3) is 0.375. The van der Waals surface area contributed by atoms with E-state index < -0.39 is 5.60 Å². The molecule has 0 radical (unpaired) electrons. The molecule has 1 aliphatic rings. The van der Waals surface area contributed by atoms with Gasteiger partial charge in [0.05, 0.1) is 12.8 Å². The van der Waals surface area contributed by atoms with Crippen LogP contribution < -0.4 is 0 Å². The highest BCUT2D eigenvalue weighted by atomic mass is 16.3. The van der Waals surface area contributed by atoms with Gasteiger partial charge in [-0.3, -0.25) is 4.90 Å². The van der Waals surface area contributed by atoms with Gasteiger partial charge in [0.2, 0.25) is 0 Å². The lowest BCUT2D eigenvalue weighted by Gasteiger charge is -2.23. The monoisotopic (exact) mass is 257 g/mol. The molecule has 100 valence electrons. The first kappa shape index (κ1) is 12.5. The fourth-order valence-corrected chi connectivity index (χ4v) is 2.76. The summed E-state index contributed by atoms with van der Waals surface area (Å²) in [5.74, 6) is 0.998. The molecule has 0 aliphatic carbocycles. The zero-order valence-corrected chi connectivity index (χ0v) is 11.2. The third-order valence-corrected chi connectivity index (χ3v) is 3.97. The molecule has 1 aromatic carbocycles. The van der Waals surface area contributed by atoms with Crippen molar-refractivity contribution >= 4 is 0 Å². The second-order valence-electron chi connectivity index (χ2n) is 5.39. The number of hydrogen-bond acceptors (Lipinski definition) is 3. The zero-order chi connectivity index (χ0) is 13.3. The van der Waals surface area contributed by atoms with Crippen molar-refractivity contribution in [2.45, 2.75) is 25.5 Å². The number of aryl methyl sites for hydroxylation is 1. The molecule has 1 N–H and O–H groups in total. The van der Waals surface area contributed by atoms with Gasteiger partial charge >= 0.3 is 0 Å². The summed E-state index contributed by atoms with van der Waals surface area (Å²) in [6.07, 6.45) is 2.50. The molecule has 1 aliphatic heterocycles. The van der Waals surface area contributed by atoms with Gasteiger partial charge in [-0.25, -0.2) is 0 Å². The summed E-state index contributed by atoms with van der Waals surface area (Å²) < 4.78 is 5.48. The summed E-state index contributed by atoms with van der Waals surface area (Å²) in [5.41, 5.74) is 1.46. The van der Waals surface area contributed by atoms with Crippen molar-refractivity contribution < 1.29 is 9.52 Å². The van der Waals surface area contributed by atoms with Crippen molar-refractivity contribution in [2.24, 2.45) is 0 Å². The van der Waals surface area contributed by atoms with Crippen molar-refractivity contribution in [3.63, 3.8) is 0 Å². The SMILES string of the molecule is Cc1ccoc1CN1CCC(O)(c2ccccc2)C1. The van der Waals surface area contributed by atoms with Crippen LogP contribution in [0.5, 0.6) is 0 Å². The van der Waals surface area contributed by atoms with Crippen LogP contribution in [0.1, 0.15) is 23.3 Å². The van der Waals surface area contributed by atoms with Crippen LogP contribution in [0.3, 0.4) is 0 Å². The molecule has 0 spiro atoms. The normalized spacial score (nSPS) is 23.9. The van der Waals surface area contributed by atoms with Crippen LogP contribution in [-0.2, 0) is 12.1 Å². The molecule has 1 saturated heterocycles. The fourth-order valence-electron chi connectivity index (χ4n) is 2.76. The van der Waals surface area contributed by atoms with Crippen molar-refractivity contribution in [3.05, 3.63) is 59.5 Å². The molecular formula is C16H19NO2. The van der Waals surface area contributed by atoms with E-state index in [9.17, 15) is 5.11 Å². The molecule has 3 rings (SSSR count). The first-order chi connectivity index (χ1) is 9.17. The smallest absolute Gasteiger partial charge is 0.120 e. The van der Waals surface area contributed by atoms with E-state index in [-0.39, 0.29) is 0 Å². The Hall–Kier alpha value is -1.58. The molecular weight excluding hydrogens is 238 g/mol. The van der Waals surface area contributed by atoms with Crippen LogP contribution in [0.2, 0.25) is 0 Å². The van der Waals surface area contributed by atoms with Gasteiger partial charge < -0.3 is 9.52 Å². The Morgan fingerprint density at radius 3 is 2.74 bits per heavy atom.